The van der Waals surface area contributed by atoms with E-state index in [2.05, 4.69) is 18.2 Å². The standard InChI is InChI=1S/C15H17NO2/c1-3-18-14(17)15(2,10-16)9-12-8-11-6-4-5-7-13(11)12/h4-7,12H,3,8-9H2,1-2H3. The molecule has 3 heteroatoms. The number of nitrogens with zero attached hydrogens (tertiary/aromatic N) is 1. The summed E-state index contributed by atoms with van der Waals surface area (Å²) in [6.07, 6.45) is 1.49. The van der Waals surface area contributed by atoms with Crippen LogP contribution in [-0.2, 0) is 16.0 Å². The van der Waals surface area contributed by atoms with Gasteiger partial charge in [0.2, 0.25) is 0 Å². The van der Waals surface area contributed by atoms with Crippen LogP contribution in [0.15, 0.2) is 24.3 Å². The van der Waals surface area contributed by atoms with Gasteiger partial charge in [0.05, 0.1) is 12.7 Å². The Morgan fingerprint density at radius 2 is 2.28 bits per heavy atom. The van der Waals surface area contributed by atoms with E-state index < -0.39 is 11.4 Å². The first-order valence-electron chi connectivity index (χ1n) is 6.27. The van der Waals surface area contributed by atoms with E-state index in [4.69, 9.17) is 4.74 Å². The fourth-order valence-corrected chi connectivity index (χ4v) is 2.50. The molecule has 0 aliphatic heterocycles. The lowest BCUT2D eigenvalue weighted by molar-refractivity contribution is -0.151. The number of nitriles is 1. The van der Waals surface area contributed by atoms with E-state index in [9.17, 15) is 10.1 Å². The van der Waals surface area contributed by atoms with Gasteiger partial charge in [0.1, 0.15) is 0 Å². The molecule has 1 aliphatic rings. The fourth-order valence-electron chi connectivity index (χ4n) is 2.50. The monoisotopic (exact) mass is 243 g/mol. The summed E-state index contributed by atoms with van der Waals surface area (Å²) in [5.74, 6) is -0.105. The van der Waals surface area contributed by atoms with E-state index in [0.717, 1.165) is 6.42 Å². The van der Waals surface area contributed by atoms with Crippen LogP contribution in [0.25, 0.3) is 0 Å². The number of benzene rings is 1. The summed E-state index contributed by atoms with van der Waals surface area (Å²) in [5.41, 5.74) is 1.56. The maximum absolute atomic E-state index is 11.8. The van der Waals surface area contributed by atoms with Gasteiger partial charge in [-0.25, -0.2) is 0 Å². The van der Waals surface area contributed by atoms with Crippen LogP contribution in [0.4, 0.5) is 0 Å². The molecule has 1 aromatic rings. The first kappa shape index (κ1) is 12.6. The topological polar surface area (TPSA) is 50.1 Å². The third-order valence-electron chi connectivity index (χ3n) is 3.59. The first-order chi connectivity index (χ1) is 8.60. The molecule has 0 radical (unpaired) electrons. The minimum absolute atomic E-state index is 0.301. The van der Waals surface area contributed by atoms with Gasteiger partial charge in [-0.05, 0) is 43.7 Å². The fraction of sp³-hybridized carbons (Fsp3) is 0.467. The predicted molar refractivity (Wildman–Crippen MR) is 67.9 cm³/mol. The maximum Gasteiger partial charge on any atom is 0.326 e. The van der Waals surface area contributed by atoms with Crippen LogP contribution in [0.2, 0.25) is 0 Å². The maximum atomic E-state index is 11.8. The van der Waals surface area contributed by atoms with Gasteiger partial charge in [0.15, 0.2) is 5.41 Å². The average Bonchev–Trinajstić information content (AvgIpc) is 2.36. The molecule has 1 aliphatic carbocycles. The Kier molecular flexibility index (Phi) is 3.38. The molecule has 0 fully saturated rings. The van der Waals surface area contributed by atoms with Crippen molar-refractivity contribution in [2.24, 2.45) is 5.41 Å². The van der Waals surface area contributed by atoms with Gasteiger partial charge < -0.3 is 4.74 Å². The summed E-state index contributed by atoms with van der Waals surface area (Å²) in [4.78, 5) is 11.8. The van der Waals surface area contributed by atoms with Crippen LogP contribution in [0.3, 0.4) is 0 Å². The minimum Gasteiger partial charge on any atom is -0.465 e. The molecule has 0 spiro atoms. The van der Waals surface area contributed by atoms with Gasteiger partial charge in [0.25, 0.3) is 0 Å². The van der Waals surface area contributed by atoms with Crippen molar-refractivity contribution in [1.29, 1.82) is 5.26 Å². The molecule has 18 heavy (non-hydrogen) atoms. The van der Waals surface area contributed by atoms with E-state index in [1.807, 2.05) is 12.1 Å². The lowest BCUT2D eigenvalue weighted by atomic mass is 9.69. The molecular weight excluding hydrogens is 226 g/mol. The Bertz CT molecular complexity index is 503. The highest BCUT2D eigenvalue weighted by atomic mass is 16.5. The minimum atomic E-state index is -1.03. The van der Waals surface area contributed by atoms with Crippen molar-refractivity contribution < 1.29 is 9.53 Å². The Hall–Kier alpha value is -1.82. The molecule has 0 bridgehead atoms. The molecule has 0 N–H and O–H groups in total. The molecule has 0 saturated carbocycles. The van der Waals surface area contributed by atoms with E-state index in [1.54, 1.807) is 13.8 Å². The van der Waals surface area contributed by atoms with Gasteiger partial charge in [0, 0.05) is 0 Å². The number of hydrogen-bond donors (Lipinski definition) is 0. The number of hydrogen-bond acceptors (Lipinski definition) is 3. The highest BCUT2D eigenvalue weighted by Gasteiger charge is 2.40. The van der Waals surface area contributed by atoms with Gasteiger partial charge in [-0.3, -0.25) is 4.79 Å². The number of fused-ring (bicyclic) bond motifs is 1. The lowest BCUT2D eigenvalue weighted by Gasteiger charge is -2.34. The van der Waals surface area contributed by atoms with Gasteiger partial charge in [-0.15, -0.1) is 0 Å². The highest BCUT2D eigenvalue weighted by molar-refractivity contribution is 5.79. The SMILES string of the molecule is CCOC(=O)C(C)(C#N)CC1Cc2ccccc21. The predicted octanol–water partition coefficient (Wildman–Crippen LogP) is 2.81. The van der Waals surface area contributed by atoms with Crippen LogP contribution in [0, 0.1) is 16.7 Å². The van der Waals surface area contributed by atoms with Gasteiger partial charge in [-0.1, -0.05) is 24.3 Å². The van der Waals surface area contributed by atoms with Crippen molar-refractivity contribution in [1.82, 2.24) is 0 Å². The zero-order valence-electron chi connectivity index (χ0n) is 10.8. The Balaban J connectivity index is 2.10. The van der Waals surface area contributed by atoms with Gasteiger partial charge >= 0.3 is 5.97 Å². The van der Waals surface area contributed by atoms with Crippen LogP contribution < -0.4 is 0 Å². The molecule has 3 nitrogen and oxygen atoms in total. The molecule has 2 atom stereocenters. The second kappa shape index (κ2) is 4.81. The normalized spacial score (nSPS) is 19.9. The number of rotatable bonds is 4. The summed E-state index contributed by atoms with van der Waals surface area (Å²) >= 11 is 0. The molecule has 1 aromatic carbocycles. The molecule has 0 heterocycles. The van der Waals surface area contributed by atoms with Crippen molar-refractivity contribution in [2.75, 3.05) is 6.61 Å². The third-order valence-corrected chi connectivity index (χ3v) is 3.59. The van der Waals surface area contributed by atoms with Crippen molar-refractivity contribution in [3.63, 3.8) is 0 Å². The summed E-state index contributed by atoms with van der Waals surface area (Å²) in [5, 5.41) is 9.25. The second-order valence-corrected chi connectivity index (χ2v) is 4.97. The number of esters is 1. The smallest absolute Gasteiger partial charge is 0.326 e. The van der Waals surface area contributed by atoms with E-state index in [-0.39, 0.29) is 0 Å². The first-order valence-corrected chi connectivity index (χ1v) is 6.27. The molecule has 0 aromatic heterocycles. The molecule has 0 amide bonds. The van der Waals surface area contributed by atoms with Crippen LogP contribution in [0.5, 0.6) is 0 Å². The molecular formula is C15H17NO2. The third kappa shape index (κ3) is 2.11. The molecule has 2 rings (SSSR count). The lowest BCUT2D eigenvalue weighted by Crippen LogP contribution is -2.33. The number of carbonyl (C=O) groups is 1. The Morgan fingerprint density at radius 3 is 2.89 bits per heavy atom. The quantitative estimate of drug-likeness (QED) is 0.764. The van der Waals surface area contributed by atoms with E-state index in [1.165, 1.54) is 11.1 Å². The van der Waals surface area contributed by atoms with Crippen LogP contribution >= 0.6 is 0 Å². The highest BCUT2D eigenvalue weighted by Crippen LogP contribution is 2.42. The van der Waals surface area contributed by atoms with Crippen molar-refractivity contribution in [3.8, 4) is 6.07 Å². The summed E-state index contributed by atoms with van der Waals surface area (Å²) < 4.78 is 4.99. The number of carbonyl (C=O) groups excluding carboxylic acids is 1. The van der Waals surface area contributed by atoms with Crippen molar-refractivity contribution in [3.05, 3.63) is 35.4 Å². The largest absolute Gasteiger partial charge is 0.465 e. The zero-order chi connectivity index (χ0) is 13.2. The zero-order valence-corrected chi connectivity index (χ0v) is 10.8. The van der Waals surface area contributed by atoms with Gasteiger partial charge in [-0.2, -0.15) is 5.26 Å². The molecule has 94 valence electrons. The molecule has 2 unspecified atom stereocenters. The average molecular weight is 243 g/mol. The van der Waals surface area contributed by atoms with Crippen LogP contribution in [-0.4, -0.2) is 12.6 Å². The summed E-state index contributed by atoms with van der Waals surface area (Å²) in [7, 11) is 0. The summed E-state index contributed by atoms with van der Waals surface area (Å²) in [6.45, 7) is 3.75. The number of ether oxygens (including phenoxy) is 1. The summed E-state index contributed by atoms with van der Waals surface area (Å²) in [6, 6.07) is 10.3. The van der Waals surface area contributed by atoms with Crippen molar-refractivity contribution >= 4 is 5.97 Å². The molecule has 0 saturated heterocycles. The second-order valence-electron chi connectivity index (χ2n) is 4.97. The van der Waals surface area contributed by atoms with Crippen molar-refractivity contribution in [2.45, 2.75) is 32.6 Å². The Morgan fingerprint density at radius 1 is 1.56 bits per heavy atom. The van der Waals surface area contributed by atoms with Crippen LogP contribution in [0.1, 0.15) is 37.3 Å². The van der Waals surface area contributed by atoms with E-state index >= 15 is 0 Å². The Labute approximate surface area is 107 Å². The van der Waals surface area contributed by atoms with E-state index in [0.29, 0.717) is 18.9 Å².